The lowest BCUT2D eigenvalue weighted by molar-refractivity contribution is -0.137. The molecule has 0 atom stereocenters. The first-order valence-electron chi connectivity index (χ1n) is 8.14. The zero-order valence-electron chi connectivity index (χ0n) is 14.3. The van der Waals surface area contributed by atoms with Crippen LogP contribution in [0.5, 0.6) is 5.75 Å². The fraction of sp³-hybridized carbons (Fsp3) is 0.158. The molecule has 0 saturated carbocycles. The molecule has 3 rings (SSSR count). The van der Waals surface area contributed by atoms with Crippen molar-refractivity contribution in [1.29, 1.82) is 0 Å². The Kier molecular flexibility index (Phi) is 5.16. The highest BCUT2D eigenvalue weighted by Crippen LogP contribution is 2.33. The number of rotatable bonds is 5. The first-order valence-corrected chi connectivity index (χ1v) is 8.14. The predicted molar refractivity (Wildman–Crippen MR) is 94.1 cm³/mol. The van der Waals surface area contributed by atoms with E-state index in [9.17, 15) is 18.0 Å². The summed E-state index contributed by atoms with van der Waals surface area (Å²) in [5.41, 5.74) is -0.338. The van der Waals surface area contributed by atoms with Crippen molar-refractivity contribution in [3.05, 3.63) is 72.1 Å². The Balaban J connectivity index is 2.01. The van der Waals surface area contributed by atoms with E-state index in [-0.39, 0.29) is 11.3 Å². The summed E-state index contributed by atoms with van der Waals surface area (Å²) in [7, 11) is 0. The number of aromatic nitrogens is 2. The maximum Gasteiger partial charge on any atom is 0.416 e. The van der Waals surface area contributed by atoms with E-state index in [1.54, 1.807) is 43.5 Å². The molecule has 1 amide bonds. The predicted octanol–water partition coefficient (Wildman–Crippen LogP) is 4.54. The molecule has 0 bridgehead atoms. The largest absolute Gasteiger partial charge is 0.493 e. The van der Waals surface area contributed by atoms with Gasteiger partial charge in [0, 0.05) is 12.4 Å². The van der Waals surface area contributed by atoms with Crippen molar-refractivity contribution >= 4 is 11.6 Å². The Labute approximate surface area is 153 Å². The van der Waals surface area contributed by atoms with Crippen molar-refractivity contribution < 1.29 is 22.7 Å². The number of ether oxygens (including phenoxy) is 1. The van der Waals surface area contributed by atoms with Crippen molar-refractivity contribution in [3.8, 4) is 11.4 Å². The summed E-state index contributed by atoms with van der Waals surface area (Å²) in [6.07, 6.45) is -1.47. The van der Waals surface area contributed by atoms with Crippen LogP contribution in [0.3, 0.4) is 0 Å². The summed E-state index contributed by atoms with van der Waals surface area (Å²) in [6, 6.07) is 11.3. The molecule has 8 heteroatoms. The monoisotopic (exact) mass is 375 g/mol. The maximum absolute atomic E-state index is 13.1. The summed E-state index contributed by atoms with van der Waals surface area (Å²) in [5, 5.41) is 6.57. The number of nitrogens with one attached hydrogen (secondary N) is 1. The van der Waals surface area contributed by atoms with Gasteiger partial charge in [0.05, 0.1) is 29.1 Å². The minimum absolute atomic E-state index is 0.00942. The second-order valence-corrected chi connectivity index (χ2v) is 5.56. The van der Waals surface area contributed by atoms with Gasteiger partial charge in [-0.25, -0.2) is 4.68 Å². The molecule has 5 nitrogen and oxygen atoms in total. The van der Waals surface area contributed by atoms with Crippen LogP contribution in [0, 0.1) is 0 Å². The van der Waals surface area contributed by atoms with Gasteiger partial charge in [-0.15, -0.1) is 0 Å². The minimum Gasteiger partial charge on any atom is -0.493 e. The molecule has 0 saturated heterocycles. The molecule has 1 aromatic heterocycles. The van der Waals surface area contributed by atoms with E-state index in [0.29, 0.717) is 18.0 Å². The Bertz CT molecular complexity index is 938. The zero-order chi connectivity index (χ0) is 19.4. The SMILES string of the molecule is CCOc1ccccc1C(=O)Nc1cc(C(F)(F)F)ccc1-n1cccn1. The second-order valence-electron chi connectivity index (χ2n) is 5.56. The molecule has 1 heterocycles. The van der Waals surface area contributed by atoms with E-state index in [1.165, 1.54) is 16.9 Å². The molecule has 27 heavy (non-hydrogen) atoms. The number of nitrogens with zero attached hydrogens (tertiary/aromatic N) is 2. The average Bonchev–Trinajstić information content (AvgIpc) is 3.16. The third-order valence-corrected chi connectivity index (χ3v) is 3.75. The van der Waals surface area contributed by atoms with E-state index < -0.39 is 17.6 Å². The first-order chi connectivity index (χ1) is 12.9. The molecule has 1 N–H and O–H groups in total. The first kappa shape index (κ1) is 18.5. The van der Waals surface area contributed by atoms with Gasteiger partial charge in [0.25, 0.3) is 5.91 Å². The van der Waals surface area contributed by atoms with Crippen LogP contribution in [0.25, 0.3) is 5.69 Å². The van der Waals surface area contributed by atoms with Crippen molar-refractivity contribution in [2.24, 2.45) is 0 Å². The van der Waals surface area contributed by atoms with Crippen molar-refractivity contribution in [1.82, 2.24) is 9.78 Å². The quantitative estimate of drug-likeness (QED) is 0.712. The van der Waals surface area contributed by atoms with Gasteiger partial charge in [0.2, 0.25) is 0 Å². The van der Waals surface area contributed by atoms with E-state index in [1.807, 2.05) is 0 Å². The zero-order valence-corrected chi connectivity index (χ0v) is 14.3. The molecule has 0 unspecified atom stereocenters. The van der Waals surface area contributed by atoms with Crippen LogP contribution in [0.1, 0.15) is 22.8 Å². The molecule has 0 radical (unpaired) electrons. The number of halogens is 3. The number of para-hydroxylation sites is 1. The molecule has 140 valence electrons. The van der Waals surface area contributed by atoms with E-state index >= 15 is 0 Å². The van der Waals surface area contributed by atoms with E-state index in [0.717, 1.165) is 12.1 Å². The smallest absolute Gasteiger partial charge is 0.416 e. The van der Waals surface area contributed by atoms with Crippen molar-refractivity contribution in [2.75, 3.05) is 11.9 Å². The fourth-order valence-electron chi connectivity index (χ4n) is 2.55. The molecule has 0 aliphatic rings. The van der Waals surface area contributed by atoms with Gasteiger partial charge in [0.1, 0.15) is 5.75 Å². The van der Waals surface area contributed by atoms with Gasteiger partial charge >= 0.3 is 6.18 Å². The van der Waals surface area contributed by atoms with Crippen LogP contribution in [0.15, 0.2) is 60.9 Å². The molecular weight excluding hydrogens is 359 g/mol. The number of carbonyl (C=O) groups is 1. The highest BCUT2D eigenvalue weighted by atomic mass is 19.4. The Morgan fingerprint density at radius 1 is 1.19 bits per heavy atom. The summed E-state index contributed by atoms with van der Waals surface area (Å²) >= 11 is 0. The number of hydrogen-bond donors (Lipinski definition) is 1. The van der Waals surface area contributed by atoms with E-state index in [2.05, 4.69) is 10.4 Å². The lowest BCUT2D eigenvalue weighted by Crippen LogP contribution is -2.16. The van der Waals surface area contributed by atoms with Crippen LogP contribution in [0.2, 0.25) is 0 Å². The molecule has 0 aliphatic heterocycles. The summed E-state index contributed by atoms with van der Waals surface area (Å²) < 4.78 is 46.1. The number of carbonyl (C=O) groups excluding carboxylic acids is 1. The number of benzene rings is 2. The number of hydrogen-bond acceptors (Lipinski definition) is 3. The van der Waals surface area contributed by atoms with Crippen molar-refractivity contribution in [2.45, 2.75) is 13.1 Å². The average molecular weight is 375 g/mol. The highest BCUT2D eigenvalue weighted by Gasteiger charge is 2.31. The normalized spacial score (nSPS) is 11.3. The Hall–Kier alpha value is -3.29. The molecule has 0 fully saturated rings. The van der Waals surface area contributed by atoms with Gasteiger partial charge < -0.3 is 10.1 Å². The molecule has 0 aliphatic carbocycles. The summed E-state index contributed by atoms with van der Waals surface area (Å²) in [5.74, 6) is -0.225. The van der Waals surface area contributed by atoms with Gasteiger partial charge in [0.15, 0.2) is 0 Å². The summed E-state index contributed by atoms with van der Waals surface area (Å²) in [6.45, 7) is 2.13. The van der Waals surface area contributed by atoms with Crippen LogP contribution in [0.4, 0.5) is 18.9 Å². The summed E-state index contributed by atoms with van der Waals surface area (Å²) in [4.78, 5) is 12.7. The van der Waals surface area contributed by atoms with Crippen LogP contribution in [-0.4, -0.2) is 22.3 Å². The molecular formula is C19H16F3N3O2. The maximum atomic E-state index is 13.1. The second kappa shape index (κ2) is 7.53. The molecule has 3 aromatic rings. The fourth-order valence-corrected chi connectivity index (χ4v) is 2.55. The third-order valence-electron chi connectivity index (χ3n) is 3.75. The van der Waals surface area contributed by atoms with Crippen LogP contribution >= 0.6 is 0 Å². The van der Waals surface area contributed by atoms with Gasteiger partial charge in [-0.3, -0.25) is 4.79 Å². The standard InChI is InChI=1S/C19H16F3N3O2/c1-2-27-17-7-4-3-6-14(17)18(26)24-15-12-13(19(20,21)22)8-9-16(15)25-11-5-10-23-25/h3-12H,2H2,1H3,(H,24,26). The van der Waals surface area contributed by atoms with Crippen LogP contribution < -0.4 is 10.1 Å². The lowest BCUT2D eigenvalue weighted by Gasteiger charge is -2.16. The molecule has 2 aromatic carbocycles. The van der Waals surface area contributed by atoms with Gasteiger partial charge in [-0.1, -0.05) is 12.1 Å². The minimum atomic E-state index is -4.54. The van der Waals surface area contributed by atoms with Gasteiger partial charge in [-0.2, -0.15) is 18.3 Å². The third kappa shape index (κ3) is 4.11. The van der Waals surface area contributed by atoms with Crippen molar-refractivity contribution in [3.63, 3.8) is 0 Å². The highest BCUT2D eigenvalue weighted by molar-refractivity contribution is 6.07. The number of anilines is 1. The van der Waals surface area contributed by atoms with Gasteiger partial charge in [-0.05, 0) is 43.3 Å². The molecule has 0 spiro atoms. The Morgan fingerprint density at radius 3 is 2.63 bits per heavy atom. The van der Waals surface area contributed by atoms with E-state index in [4.69, 9.17) is 4.74 Å². The lowest BCUT2D eigenvalue weighted by atomic mass is 10.1. The van der Waals surface area contributed by atoms with Crippen LogP contribution in [-0.2, 0) is 6.18 Å². The number of amides is 1. The Morgan fingerprint density at radius 2 is 1.96 bits per heavy atom. The number of alkyl halides is 3. The topological polar surface area (TPSA) is 56.1 Å².